The third kappa shape index (κ3) is 9.32. The van der Waals surface area contributed by atoms with Crippen molar-refractivity contribution in [2.24, 2.45) is 0 Å². The van der Waals surface area contributed by atoms with E-state index in [0.717, 1.165) is 6.29 Å². The van der Waals surface area contributed by atoms with Crippen LogP contribution in [0.4, 0.5) is 4.79 Å². The molecule has 8 heteroatoms. The van der Waals surface area contributed by atoms with Gasteiger partial charge in [0.25, 0.3) is 0 Å². The number of amides is 1. The van der Waals surface area contributed by atoms with Gasteiger partial charge in [-0.15, -0.1) is 0 Å². The molecule has 0 aromatic heterocycles. The first-order chi connectivity index (χ1) is 12.6. The van der Waals surface area contributed by atoms with E-state index in [1.807, 2.05) is 0 Å². The monoisotopic (exact) mass is 447 g/mol. The molecule has 0 rings (SSSR count). The van der Waals surface area contributed by atoms with Gasteiger partial charge in [0.05, 0.1) is 12.7 Å². The van der Waals surface area contributed by atoms with E-state index in [0.29, 0.717) is 0 Å². The fraction of sp³-hybridized carbons (Fsp3) is 0.905. The second-order valence-corrected chi connectivity index (χ2v) is 21.4. The third-order valence-corrected chi connectivity index (χ3v) is 14.9. The number of carbonyl (C=O) groups excluding carboxylic acids is 2. The Hall–Kier alpha value is -0.706. The molecule has 29 heavy (non-hydrogen) atoms. The number of hydrogen-bond donors (Lipinski definition) is 1. The quantitative estimate of drug-likeness (QED) is 0.393. The van der Waals surface area contributed by atoms with Gasteiger partial charge in [0.2, 0.25) is 0 Å². The molecule has 0 aliphatic carbocycles. The molecule has 0 aliphatic rings. The van der Waals surface area contributed by atoms with Crippen LogP contribution in [0.25, 0.3) is 0 Å². The van der Waals surface area contributed by atoms with Gasteiger partial charge in [-0.3, -0.25) is 0 Å². The number of alkyl carbamates (subject to hydrolysis) is 1. The molecule has 0 spiro atoms. The standard InChI is InChI=1S/C21H45NO5Si2/c1-19(2,3)26-18(24)22-16(14-23)17(27-29(12,13)21(7,8)9)15-25-28(10,11)20(4,5)6/h14,16-17H,15H2,1-13H3,(H,22,24)/t16-,17+/m0/s1. The Morgan fingerprint density at radius 3 is 1.69 bits per heavy atom. The van der Waals surface area contributed by atoms with E-state index in [-0.39, 0.29) is 16.7 Å². The molecule has 0 heterocycles. The van der Waals surface area contributed by atoms with E-state index in [4.69, 9.17) is 13.6 Å². The first kappa shape index (κ1) is 28.3. The lowest BCUT2D eigenvalue weighted by Gasteiger charge is -2.42. The van der Waals surface area contributed by atoms with E-state index < -0.39 is 40.5 Å². The van der Waals surface area contributed by atoms with Gasteiger partial charge in [0, 0.05) is 0 Å². The summed E-state index contributed by atoms with van der Waals surface area (Å²) in [4.78, 5) is 24.2. The van der Waals surface area contributed by atoms with Gasteiger partial charge in [0.1, 0.15) is 17.9 Å². The predicted octanol–water partition coefficient (Wildman–Crippen LogP) is 5.49. The second-order valence-electron chi connectivity index (χ2n) is 11.8. The third-order valence-electron chi connectivity index (χ3n) is 5.90. The van der Waals surface area contributed by atoms with Crippen LogP contribution in [-0.2, 0) is 18.4 Å². The summed E-state index contributed by atoms with van der Waals surface area (Å²) in [7, 11) is -4.25. The molecular formula is C21H45NO5Si2. The molecule has 1 N–H and O–H groups in total. The Kier molecular flexibility index (Phi) is 9.38. The molecule has 0 fully saturated rings. The molecule has 6 nitrogen and oxygen atoms in total. The van der Waals surface area contributed by atoms with Crippen LogP contribution in [0.15, 0.2) is 0 Å². The SMILES string of the molecule is CC(C)(C)OC(=O)N[C@@H](C=O)[C@@H](CO[Si](C)(C)C(C)(C)C)O[Si](C)(C)C(C)(C)C. The van der Waals surface area contributed by atoms with Gasteiger partial charge in [-0.25, -0.2) is 4.79 Å². The minimum absolute atomic E-state index is 0.0315. The van der Waals surface area contributed by atoms with Crippen LogP contribution in [0.2, 0.25) is 36.3 Å². The molecule has 172 valence electrons. The lowest BCUT2D eigenvalue weighted by molar-refractivity contribution is -0.112. The smallest absolute Gasteiger partial charge is 0.408 e. The summed E-state index contributed by atoms with van der Waals surface area (Å²) in [5, 5.41) is 2.67. The summed E-state index contributed by atoms with van der Waals surface area (Å²) >= 11 is 0. The second kappa shape index (κ2) is 9.62. The molecule has 0 aromatic carbocycles. The normalized spacial score (nSPS) is 16.2. The van der Waals surface area contributed by atoms with Crippen molar-refractivity contribution in [1.82, 2.24) is 5.32 Å². The highest BCUT2D eigenvalue weighted by molar-refractivity contribution is 6.74. The largest absolute Gasteiger partial charge is 0.444 e. The molecule has 0 unspecified atom stereocenters. The highest BCUT2D eigenvalue weighted by atomic mass is 28.4. The van der Waals surface area contributed by atoms with Crippen molar-refractivity contribution < 1.29 is 23.2 Å². The minimum atomic E-state index is -2.20. The number of hydrogen-bond acceptors (Lipinski definition) is 5. The highest BCUT2D eigenvalue weighted by Crippen LogP contribution is 2.39. The molecule has 0 saturated carbocycles. The van der Waals surface area contributed by atoms with Crippen LogP contribution >= 0.6 is 0 Å². The van der Waals surface area contributed by atoms with Crippen LogP contribution in [0, 0.1) is 0 Å². The Balaban J connectivity index is 5.64. The van der Waals surface area contributed by atoms with Gasteiger partial charge in [-0.05, 0) is 57.0 Å². The fourth-order valence-electron chi connectivity index (χ4n) is 1.93. The highest BCUT2D eigenvalue weighted by Gasteiger charge is 2.43. The summed E-state index contributed by atoms with van der Waals surface area (Å²) in [6, 6.07) is -0.844. The van der Waals surface area contributed by atoms with Gasteiger partial charge in [0.15, 0.2) is 16.6 Å². The van der Waals surface area contributed by atoms with Gasteiger partial charge in [-0.1, -0.05) is 41.5 Å². The van der Waals surface area contributed by atoms with Crippen molar-refractivity contribution in [3.63, 3.8) is 0 Å². The maximum Gasteiger partial charge on any atom is 0.408 e. The average Bonchev–Trinajstić information content (AvgIpc) is 2.45. The Morgan fingerprint density at radius 1 is 0.897 bits per heavy atom. The zero-order chi connectivity index (χ0) is 23.5. The number of carbonyl (C=O) groups is 2. The summed E-state index contributed by atoms with van der Waals surface area (Å²) < 4.78 is 18.2. The number of rotatable bonds is 8. The number of ether oxygens (including phenoxy) is 1. The maximum absolute atomic E-state index is 12.3. The van der Waals surface area contributed by atoms with E-state index in [2.05, 4.69) is 73.0 Å². The Bertz CT molecular complexity index is 557. The summed E-state index contributed by atoms with van der Waals surface area (Å²) in [5.41, 5.74) is -0.648. The zero-order valence-electron chi connectivity index (χ0n) is 21.0. The van der Waals surface area contributed by atoms with Gasteiger partial charge in [-0.2, -0.15) is 0 Å². The van der Waals surface area contributed by atoms with Crippen molar-refractivity contribution in [2.75, 3.05) is 6.61 Å². The van der Waals surface area contributed by atoms with E-state index in [1.165, 1.54) is 0 Å². The molecular weight excluding hydrogens is 402 g/mol. The summed E-state index contributed by atoms with van der Waals surface area (Å²) in [5.74, 6) is 0. The van der Waals surface area contributed by atoms with Gasteiger partial charge < -0.3 is 23.7 Å². The topological polar surface area (TPSA) is 73.9 Å². The lowest BCUT2D eigenvalue weighted by atomic mass is 10.2. The first-order valence-corrected chi connectivity index (χ1v) is 16.2. The number of nitrogens with one attached hydrogen (secondary N) is 1. The van der Waals surface area contributed by atoms with Crippen LogP contribution in [-0.4, -0.2) is 53.4 Å². The predicted molar refractivity (Wildman–Crippen MR) is 124 cm³/mol. The van der Waals surface area contributed by atoms with Crippen molar-refractivity contribution >= 4 is 29.0 Å². The Morgan fingerprint density at radius 2 is 1.34 bits per heavy atom. The summed E-state index contributed by atoms with van der Waals surface area (Å²) in [6.07, 6.45) is -0.489. The van der Waals surface area contributed by atoms with Crippen LogP contribution in [0.1, 0.15) is 62.3 Å². The molecule has 0 saturated heterocycles. The van der Waals surface area contributed by atoms with Crippen molar-refractivity contribution in [3.8, 4) is 0 Å². The fourth-order valence-corrected chi connectivity index (χ4v) is 4.27. The summed E-state index contributed by atoms with van der Waals surface area (Å²) in [6.45, 7) is 27.1. The van der Waals surface area contributed by atoms with Crippen molar-refractivity contribution in [1.29, 1.82) is 0 Å². The average molecular weight is 448 g/mol. The van der Waals surface area contributed by atoms with E-state index in [9.17, 15) is 9.59 Å². The first-order valence-electron chi connectivity index (χ1n) is 10.4. The van der Waals surface area contributed by atoms with Crippen molar-refractivity contribution in [3.05, 3.63) is 0 Å². The van der Waals surface area contributed by atoms with Crippen LogP contribution in [0.3, 0.4) is 0 Å². The lowest BCUT2D eigenvalue weighted by Crippen LogP contribution is -2.56. The minimum Gasteiger partial charge on any atom is -0.444 e. The molecule has 0 aromatic rings. The van der Waals surface area contributed by atoms with Crippen LogP contribution in [0.5, 0.6) is 0 Å². The molecule has 0 aliphatic heterocycles. The number of aldehydes is 1. The molecule has 1 amide bonds. The Labute approximate surface area is 180 Å². The van der Waals surface area contributed by atoms with Gasteiger partial charge >= 0.3 is 6.09 Å². The van der Waals surface area contributed by atoms with Crippen LogP contribution < -0.4 is 5.32 Å². The molecule has 0 bridgehead atoms. The molecule has 0 radical (unpaired) electrons. The molecule has 2 atom stereocenters. The maximum atomic E-state index is 12.3. The van der Waals surface area contributed by atoms with E-state index >= 15 is 0 Å². The zero-order valence-corrected chi connectivity index (χ0v) is 23.0. The van der Waals surface area contributed by atoms with E-state index in [1.54, 1.807) is 20.8 Å². The van der Waals surface area contributed by atoms with Crippen molar-refractivity contribution in [2.45, 2.75) is 116 Å².